The molecule has 9 heteroatoms. The Morgan fingerprint density at radius 3 is 2.69 bits per heavy atom. The van der Waals surface area contributed by atoms with Crippen LogP contribution in [0.3, 0.4) is 0 Å². The van der Waals surface area contributed by atoms with E-state index in [9.17, 15) is 9.90 Å². The van der Waals surface area contributed by atoms with Gasteiger partial charge in [0.1, 0.15) is 5.82 Å². The Morgan fingerprint density at radius 2 is 1.92 bits per heavy atom. The maximum absolute atomic E-state index is 12.9. The number of hydrogen-bond donors (Lipinski definition) is 1. The molecule has 0 radical (unpaired) electrons. The van der Waals surface area contributed by atoms with E-state index in [0.29, 0.717) is 38.7 Å². The van der Waals surface area contributed by atoms with Gasteiger partial charge >= 0.3 is 0 Å². The number of thioether (sulfide) groups is 2. The molecule has 0 fully saturated rings. The number of nitrogens with zero attached hydrogens (tertiary/aromatic N) is 3. The van der Waals surface area contributed by atoms with Crippen molar-refractivity contribution < 1.29 is 19.4 Å². The topological polar surface area (TPSA) is 84.8 Å². The van der Waals surface area contributed by atoms with Gasteiger partial charge in [-0.15, -0.1) is 23.5 Å². The second-order valence-corrected chi connectivity index (χ2v) is 7.88. The van der Waals surface area contributed by atoms with Gasteiger partial charge in [0.05, 0.1) is 23.0 Å². The molecule has 26 heavy (non-hydrogen) atoms. The molecule has 0 aromatic carbocycles. The molecule has 0 spiro atoms. The summed E-state index contributed by atoms with van der Waals surface area (Å²) in [6, 6.07) is 7.15. The predicted molar refractivity (Wildman–Crippen MR) is 102 cm³/mol. The minimum atomic E-state index is -1.04. The van der Waals surface area contributed by atoms with Gasteiger partial charge in [-0.2, -0.15) is 4.98 Å². The van der Waals surface area contributed by atoms with Crippen LogP contribution in [-0.2, 0) is 9.53 Å². The molecule has 2 atom stereocenters. The summed E-state index contributed by atoms with van der Waals surface area (Å²) in [5.74, 6) is 1.95. The molecule has 7 nitrogen and oxygen atoms in total. The molecule has 4 heterocycles. The quantitative estimate of drug-likeness (QED) is 0.851. The number of aliphatic hydroxyl groups excluding tert-OH is 1. The van der Waals surface area contributed by atoms with Crippen molar-refractivity contribution in [2.45, 2.75) is 12.3 Å². The van der Waals surface area contributed by atoms with Crippen LogP contribution < -0.4 is 9.64 Å². The number of fused-ring (bicyclic) bond motifs is 1. The fraction of sp³-hybridized carbons (Fsp3) is 0.353. The number of methoxy groups -OCH3 is 2. The summed E-state index contributed by atoms with van der Waals surface area (Å²) in [5, 5.41) is 11.6. The standard InChI is InChI=1S/C17H17N3O4S2/c1-23-10-7-25-13-14(26-8-10)17(22)20(16(13)21)11-5-3-9-4-6-12(24-2)19-15(9)18-11/h3-6,10,16,21H,7-8H2,1-2H3. The van der Waals surface area contributed by atoms with Crippen molar-refractivity contribution in [2.75, 3.05) is 30.6 Å². The Hall–Kier alpha value is -1.81. The van der Waals surface area contributed by atoms with Gasteiger partial charge in [-0.05, 0) is 18.2 Å². The number of anilines is 1. The Bertz CT molecular complexity index is 905. The molecule has 2 aliphatic rings. The lowest BCUT2D eigenvalue weighted by molar-refractivity contribution is -0.115. The third kappa shape index (κ3) is 2.94. The van der Waals surface area contributed by atoms with E-state index >= 15 is 0 Å². The first kappa shape index (κ1) is 17.6. The molecule has 2 unspecified atom stereocenters. The van der Waals surface area contributed by atoms with Gasteiger partial charge in [0.2, 0.25) is 5.88 Å². The fourth-order valence-electron chi connectivity index (χ4n) is 2.83. The number of ether oxygens (including phenoxy) is 2. The number of rotatable bonds is 3. The summed E-state index contributed by atoms with van der Waals surface area (Å²) in [6.45, 7) is 0. The lowest BCUT2D eigenvalue weighted by atomic mass is 10.3. The van der Waals surface area contributed by atoms with Gasteiger partial charge in [-0.25, -0.2) is 4.98 Å². The lowest BCUT2D eigenvalue weighted by Gasteiger charge is -2.22. The average molecular weight is 391 g/mol. The van der Waals surface area contributed by atoms with Crippen LogP contribution in [0.5, 0.6) is 5.88 Å². The predicted octanol–water partition coefficient (Wildman–Crippen LogP) is 2.01. The van der Waals surface area contributed by atoms with Crippen LogP contribution in [0.1, 0.15) is 0 Å². The first-order chi connectivity index (χ1) is 12.6. The van der Waals surface area contributed by atoms with E-state index in [2.05, 4.69) is 9.97 Å². The second kappa shape index (κ2) is 7.07. The normalized spacial score (nSPS) is 23.3. The zero-order valence-corrected chi connectivity index (χ0v) is 15.8. The summed E-state index contributed by atoms with van der Waals surface area (Å²) >= 11 is 2.89. The van der Waals surface area contributed by atoms with E-state index in [0.717, 1.165) is 5.39 Å². The molecule has 0 saturated carbocycles. The van der Waals surface area contributed by atoms with Gasteiger partial charge in [0.25, 0.3) is 5.91 Å². The Labute approximate surface area is 158 Å². The molecule has 1 N–H and O–H groups in total. The number of hydrogen-bond acceptors (Lipinski definition) is 8. The number of pyridine rings is 2. The number of carbonyl (C=O) groups excluding carboxylic acids is 1. The smallest absolute Gasteiger partial charge is 0.269 e. The Morgan fingerprint density at radius 1 is 1.15 bits per heavy atom. The van der Waals surface area contributed by atoms with E-state index in [1.807, 2.05) is 12.1 Å². The summed E-state index contributed by atoms with van der Waals surface area (Å²) in [5.41, 5.74) is 0.462. The molecule has 136 valence electrons. The van der Waals surface area contributed by atoms with Gasteiger partial charge in [-0.3, -0.25) is 9.69 Å². The van der Waals surface area contributed by atoms with Gasteiger partial charge in [0.15, 0.2) is 11.9 Å². The highest BCUT2D eigenvalue weighted by Gasteiger charge is 2.42. The monoisotopic (exact) mass is 391 g/mol. The van der Waals surface area contributed by atoms with Crippen LogP contribution in [0.2, 0.25) is 0 Å². The molecule has 4 rings (SSSR count). The van der Waals surface area contributed by atoms with E-state index < -0.39 is 6.23 Å². The van der Waals surface area contributed by atoms with Gasteiger partial charge in [0, 0.05) is 30.1 Å². The van der Waals surface area contributed by atoms with Crippen LogP contribution in [0.4, 0.5) is 5.82 Å². The van der Waals surface area contributed by atoms with Crippen LogP contribution in [-0.4, -0.2) is 59.0 Å². The molecule has 2 aliphatic heterocycles. The van der Waals surface area contributed by atoms with Crippen LogP contribution in [0.25, 0.3) is 11.0 Å². The van der Waals surface area contributed by atoms with E-state index in [1.165, 1.54) is 35.5 Å². The van der Waals surface area contributed by atoms with Crippen LogP contribution in [0.15, 0.2) is 34.1 Å². The van der Waals surface area contributed by atoms with E-state index in [-0.39, 0.29) is 12.0 Å². The zero-order valence-electron chi connectivity index (χ0n) is 14.2. The zero-order chi connectivity index (χ0) is 18.3. The third-order valence-corrected chi connectivity index (χ3v) is 6.87. The fourth-order valence-corrected chi connectivity index (χ4v) is 5.50. The number of aliphatic hydroxyl groups is 1. The molecule has 2 aromatic heterocycles. The molecule has 0 aliphatic carbocycles. The van der Waals surface area contributed by atoms with Gasteiger partial charge < -0.3 is 14.6 Å². The summed E-state index contributed by atoms with van der Waals surface area (Å²) in [4.78, 5) is 24.2. The maximum atomic E-state index is 12.9. The molecular formula is C17H17N3O4S2. The highest BCUT2D eigenvalue weighted by Crippen LogP contribution is 2.43. The lowest BCUT2D eigenvalue weighted by Crippen LogP contribution is -2.36. The molecular weight excluding hydrogens is 374 g/mol. The number of carbonyl (C=O) groups is 1. The van der Waals surface area contributed by atoms with Crippen molar-refractivity contribution in [1.29, 1.82) is 0 Å². The average Bonchev–Trinajstić information content (AvgIpc) is 2.82. The molecule has 2 aromatic rings. The summed E-state index contributed by atoms with van der Waals surface area (Å²) in [6.07, 6.45) is -0.985. The Balaban J connectivity index is 1.67. The van der Waals surface area contributed by atoms with Crippen molar-refractivity contribution in [3.05, 3.63) is 34.1 Å². The van der Waals surface area contributed by atoms with E-state index in [1.54, 1.807) is 19.2 Å². The van der Waals surface area contributed by atoms with Crippen molar-refractivity contribution in [2.24, 2.45) is 0 Å². The van der Waals surface area contributed by atoms with Crippen molar-refractivity contribution in [3.63, 3.8) is 0 Å². The van der Waals surface area contributed by atoms with Crippen LogP contribution in [0, 0.1) is 0 Å². The van der Waals surface area contributed by atoms with E-state index in [4.69, 9.17) is 9.47 Å². The minimum absolute atomic E-state index is 0.0551. The molecule has 0 bridgehead atoms. The SMILES string of the molecule is COc1ccc2ccc(N3C(=O)C4=C(SCC(OC)CS4)C3O)nc2n1. The second-order valence-electron chi connectivity index (χ2n) is 5.79. The molecule has 0 saturated heterocycles. The Kier molecular flexibility index (Phi) is 4.78. The van der Waals surface area contributed by atoms with Crippen LogP contribution >= 0.6 is 23.5 Å². The first-order valence-electron chi connectivity index (χ1n) is 7.98. The minimum Gasteiger partial charge on any atom is -0.481 e. The number of aromatic nitrogens is 2. The molecule has 1 amide bonds. The summed E-state index contributed by atoms with van der Waals surface area (Å²) in [7, 11) is 3.20. The van der Waals surface area contributed by atoms with Crippen molar-refractivity contribution >= 4 is 46.3 Å². The highest BCUT2D eigenvalue weighted by molar-refractivity contribution is 8.08. The number of amides is 1. The summed E-state index contributed by atoms with van der Waals surface area (Å²) < 4.78 is 10.5. The maximum Gasteiger partial charge on any atom is 0.269 e. The first-order valence-corrected chi connectivity index (χ1v) is 9.95. The third-order valence-electron chi connectivity index (χ3n) is 4.26. The largest absolute Gasteiger partial charge is 0.481 e. The van der Waals surface area contributed by atoms with Crippen molar-refractivity contribution in [3.8, 4) is 5.88 Å². The van der Waals surface area contributed by atoms with Crippen molar-refractivity contribution in [1.82, 2.24) is 9.97 Å². The highest BCUT2D eigenvalue weighted by atomic mass is 32.2. The van der Waals surface area contributed by atoms with Gasteiger partial charge in [-0.1, -0.05) is 0 Å².